The number of aliphatic hydroxyl groups is 1. The van der Waals surface area contributed by atoms with Crippen molar-refractivity contribution < 1.29 is 28.8 Å². The molecule has 32 heavy (non-hydrogen) atoms. The normalized spacial score (nSPS) is 34.1. The summed E-state index contributed by atoms with van der Waals surface area (Å²) in [7, 11) is 1.13. The van der Waals surface area contributed by atoms with Crippen molar-refractivity contribution >= 4 is 33.7 Å². The molecule has 168 valence electrons. The third-order valence-corrected chi connectivity index (χ3v) is 7.21. The van der Waals surface area contributed by atoms with Gasteiger partial charge in [0.25, 0.3) is 0 Å². The van der Waals surface area contributed by atoms with Gasteiger partial charge in [0.2, 0.25) is 5.60 Å². The molecule has 2 saturated heterocycles. The summed E-state index contributed by atoms with van der Waals surface area (Å²) in [6.07, 6.45) is 1.25. The maximum Gasteiger partial charge on any atom is 0.342 e. The Balaban J connectivity index is 1.74. The SMILES string of the molecule is COC(=O)[C@]1(O)[C@@H](Sc2cccnc2)O[C@@]2(Br)COC(c3ccccc3)O[C@@H]2[C@@H]1N=[N+]=[N-]. The number of hydrogen-bond donors (Lipinski definition) is 1. The molecule has 6 atom stereocenters. The summed E-state index contributed by atoms with van der Waals surface area (Å²) in [5.41, 5.74) is 6.40. The molecule has 12 heteroatoms. The number of azide groups is 1. The summed E-state index contributed by atoms with van der Waals surface area (Å²) in [5, 5.41) is 15.4. The second-order valence-electron chi connectivity index (χ2n) is 7.12. The number of hydrogen-bond acceptors (Lipinski definition) is 9. The average molecular weight is 523 g/mol. The molecule has 1 unspecified atom stereocenters. The van der Waals surface area contributed by atoms with Gasteiger partial charge < -0.3 is 24.1 Å². The fourth-order valence-electron chi connectivity index (χ4n) is 3.62. The first-order valence-corrected chi connectivity index (χ1v) is 11.2. The zero-order valence-electron chi connectivity index (χ0n) is 16.8. The van der Waals surface area contributed by atoms with Crippen LogP contribution in [0.25, 0.3) is 10.4 Å². The predicted molar refractivity (Wildman–Crippen MR) is 117 cm³/mol. The molecule has 1 aromatic carbocycles. The van der Waals surface area contributed by atoms with Gasteiger partial charge in [-0.3, -0.25) is 4.98 Å². The lowest BCUT2D eigenvalue weighted by atomic mass is 9.85. The van der Waals surface area contributed by atoms with E-state index in [1.807, 2.05) is 30.3 Å². The van der Waals surface area contributed by atoms with Crippen molar-refractivity contribution in [3.05, 3.63) is 70.9 Å². The van der Waals surface area contributed by atoms with Crippen molar-refractivity contribution in [2.45, 2.75) is 38.9 Å². The number of ether oxygens (including phenoxy) is 4. The number of aromatic nitrogens is 1. The van der Waals surface area contributed by atoms with E-state index in [0.29, 0.717) is 4.90 Å². The van der Waals surface area contributed by atoms with E-state index < -0.39 is 40.0 Å². The van der Waals surface area contributed by atoms with E-state index in [9.17, 15) is 15.4 Å². The summed E-state index contributed by atoms with van der Waals surface area (Å²) in [6.45, 7) is -0.00394. The third kappa shape index (κ3) is 4.11. The molecule has 1 aromatic heterocycles. The number of benzene rings is 1. The number of fused-ring (bicyclic) bond motifs is 1. The van der Waals surface area contributed by atoms with Gasteiger partial charge in [-0.1, -0.05) is 47.2 Å². The number of esters is 1. The van der Waals surface area contributed by atoms with Crippen LogP contribution in [-0.2, 0) is 23.7 Å². The minimum atomic E-state index is -2.36. The van der Waals surface area contributed by atoms with Crippen molar-refractivity contribution in [1.29, 1.82) is 0 Å². The highest BCUT2D eigenvalue weighted by atomic mass is 79.9. The summed E-state index contributed by atoms with van der Waals surface area (Å²) >= 11 is 4.55. The standard InChI is InChI=1S/C20H19BrN4O6S/c1-28-17(26)20(27)14(24-25-22)15-19(21,31-18(20)32-13-8-5-9-23-10-13)11-29-16(30-15)12-6-3-2-4-7-12/h2-10,14-16,18,27H,11H2,1H3/t14-,15+,16?,18+,19-,20-/m0/s1. The second kappa shape index (κ2) is 9.36. The van der Waals surface area contributed by atoms with Crippen LogP contribution in [-0.4, -0.2) is 57.5 Å². The van der Waals surface area contributed by atoms with Crippen LogP contribution in [0.15, 0.2) is 64.9 Å². The fourth-order valence-corrected chi connectivity index (χ4v) is 5.58. The minimum Gasteiger partial charge on any atom is -0.467 e. The largest absolute Gasteiger partial charge is 0.467 e. The molecule has 0 aliphatic carbocycles. The predicted octanol–water partition coefficient (Wildman–Crippen LogP) is 3.32. The molecule has 2 aromatic rings. The Hall–Kier alpha value is -2.18. The van der Waals surface area contributed by atoms with E-state index in [1.54, 1.807) is 24.5 Å². The third-order valence-electron chi connectivity index (χ3n) is 5.16. The molecule has 0 spiro atoms. The maximum absolute atomic E-state index is 12.8. The van der Waals surface area contributed by atoms with E-state index in [0.717, 1.165) is 24.4 Å². The smallest absolute Gasteiger partial charge is 0.342 e. The first kappa shape index (κ1) is 23.0. The first-order chi connectivity index (χ1) is 15.4. The molecule has 1 N–H and O–H groups in total. The molecule has 0 radical (unpaired) electrons. The van der Waals surface area contributed by atoms with Crippen LogP contribution in [0, 0.1) is 0 Å². The number of methoxy groups -OCH3 is 1. The monoisotopic (exact) mass is 522 g/mol. The van der Waals surface area contributed by atoms with Gasteiger partial charge in [0.1, 0.15) is 17.6 Å². The quantitative estimate of drug-likeness (QED) is 0.207. The molecule has 0 saturated carbocycles. The van der Waals surface area contributed by atoms with Crippen molar-refractivity contribution in [2.24, 2.45) is 5.11 Å². The molecule has 2 aliphatic rings. The molecule has 10 nitrogen and oxygen atoms in total. The van der Waals surface area contributed by atoms with Crippen LogP contribution >= 0.6 is 27.7 Å². The topological polar surface area (TPSA) is 136 Å². The molecule has 0 amide bonds. The van der Waals surface area contributed by atoms with Crippen molar-refractivity contribution in [3.8, 4) is 0 Å². The fraction of sp³-hybridized carbons (Fsp3) is 0.400. The number of nitrogens with zero attached hydrogens (tertiary/aromatic N) is 4. The Kier molecular flexibility index (Phi) is 6.72. The molecule has 0 bridgehead atoms. The van der Waals surface area contributed by atoms with Gasteiger partial charge in [-0.2, -0.15) is 0 Å². The lowest BCUT2D eigenvalue weighted by molar-refractivity contribution is -0.319. The average Bonchev–Trinajstić information content (AvgIpc) is 2.82. The van der Waals surface area contributed by atoms with Crippen molar-refractivity contribution in [3.63, 3.8) is 0 Å². The van der Waals surface area contributed by atoms with Crippen molar-refractivity contribution in [1.82, 2.24) is 4.98 Å². The number of thioether (sulfide) groups is 1. The Morgan fingerprint density at radius 1 is 1.38 bits per heavy atom. The van der Waals surface area contributed by atoms with E-state index in [1.165, 1.54) is 0 Å². The highest BCUT2D eigenvalue weighted by Gasteiger charge is 2.67. The Morgan fingerprint density at radius 2 is 2.16 bits per heavy atom. The number of pyridine rings is 1. The summed E-state index contributed by atoms with van der Waals surface area (Å²) in [5.74, 6) is -1.02. The first-order valence-electron chi connectivity index (χ1n) is 9.53. The number of carbonyl (C=O) groups is 1. The number of alkyl halides is 1. The minimum absolute atomic E-state index is 0.00394. The number of rotatable bonds is 5. The van der Waals surface area contributed by atoms with Crippen molar-refractivity contribution in [2.75, 3.05) is 13.7 Å². The summed E-state index contributed by atoms with van der Waals surface area (Å²) < 4.78 is 21.7. The van der Waals surface area contributed by atoms with E-state index >= 15 is 0 Å². The molecule has 3 heterocycles. The van der Waals surface area contributed by atoms with Gasteiger partial charge in [0.05, 0.1) is 13.7 Å². The highest BCUT2D eigenvalue weighted by molar-refractivity contribution is 9.10. The summed E-state index contributed by atoms with van der Waals surface area (Å²) in [4.78, 5) is 20.4. The van der Waals surface area contributed by atoms with Gasteiger partial charge >= 0.3 is 5.97 Å². The maximum atomic E-state index is 12.8. The van der Waals surface area contributed by atoms with E-state index in [-0.39, 0.29) is 6.61 Å². The van der Waals surface area contributed by atoms with E-state index in [4.69, 9.17) is 18.9 Å². The number of carbonyl (C=O) groups excluding carboxylic acids is 1. The zero-order chi connectivity index (χ0) is 22.8. The van der Waals surface area contributed by atoms with Gasteiger partial charge in [-0.05, 0) is 33.6 Å². The lowest BCUT2D eigenvalue weighted by Gasteiger charge is -2.54. The second-order valence-corrected chi connectivity index (χ2v) is 9.60. The van der Waals surface area contributed by atoms with Crippen LogP contribution in [0.3, 0.4) is 0 Å². The highest BCUT2D eigenvalue weighted by Crippen LogP contribution is 2.51. The molecular weight excluding hydrogens is 504 g/mol. The Labute approximate surface area is 196 Å². The van der Waals surface area contributed by atoms with Crippen LogP contribution in [0.4, 0.5) is 0 Å². The van der Waals surface area contributed by atoms with Crippen LogP contribution in [0.1, 0.15) is 11.9 Å². The Bertz CT molecular complexity index is 1010. The number of halogens is 1. The Morgan fingerprint density at radius 3 is 2.81 bits per heavy atom. The van der Waals surface area contributed by atoms with Crippen LogP contribution in [0.5, 0.6) is 0 Å². The summed E-state index contributed by atoms with van der Waals surface area (Å²) in [6, 6.07) is 11.2. The van der Waals surface area contributed by atoms with Gasteiger partial charge in [-0.15, -0.1) is 0 Å². The van der Waals surface area contributed by atoms with Gasteiger partial charge in [0, 0.05) is 27.8 Å². The molecule has 2 fully saturated rings. The lowest BCUT2D eigenvalue weighted by Crippen LogP contribution is -2.73. The van der Waals surface area contributed by atoms with Gasteiger partial charge in [0.15, 0.2) is 10.8 Å². The zero-order valence-corrected chi connectivity index (χ0v) is 19.2. The van der Waals surface area contributed by atoms with Gasteiger partial charge in [-0.25, -0.2) is 4.79 Å². The van der Waals surface area contributed by atoms with Crippen LogP contribution in [0.2, 0.25) is 0 Å². The molecule has 2 aliphatic heterocycles. The van der Waals surface area contributed by atoms with E-state index in [2.05, 4.69) is 30.9 Å². The molecular formula is C20H19BrN4O6S. The molecule has 4 rings (SSSR count). The van der Waals surface area contributed by atoms with Crippen LogP contribution < -0.4 is 0 Å².